The highest BCUT2D eigenvalue weighted by Gasteiger charge is 2.22. The highest BCUT2D eigenvalue weighted by atomic mass is 32.2. The fraction of sp³-hybridized carbons (Fsp3) is 0.500. The zero-order valence-electron chi connectivity index (χ0n) is 11.2. The number of hydrogen-bond acceptors (Lipinski definition) is 3. The van der Waals surface area contributed by atoms with Crippen molar-refractivity contribution >= 4 is 10.0 Å². The molecule has 1 aromatic heterocycles. The SMILES string of the molecule is C=CCN(C)S(=O)(=O)c1cc(CNC)n(CC)c1. The second-order valence-corrected chi connectivity index (χ2v) is 6.10. The second kappa shape index (κ2) is 6.17. The van der Waals surface area contributed by atoms with Gasteiger partial charge in [0.1, 0.15) is 4.90 Å². The summed E-state index contributed by atoms with van der Waals surface area (Å²) in [6.45, 7) is 7.25. The average molecular weight is 271 g/mol. The van der Waals surface area contributed by atoms with E-state index < -0.39 is 10.0 Å². The predicted octanol–water partition coefficient (Wildman–Crippen LogP) is 1.03. The Hall–Kier alpha value is -1.11. The van der Waals surface area contributed by atoms with Gasteiger partial charge in [-0.15, -0.1) is 6.58 Å². The van der Waals surface area contributed by atoms with E-state index in [9.17, 15) is 8.42 Å². The predicted molar refractivity (Wildman–Crippen MR) is 72.9 cm³/mol. The molecule has 0 saturated heterocycles. The lowest BCUT2D eigenvalue weighted by Gasteiger charge is -2.13. The monoisotopic (exact) mass is 271 g/mol. The highest BCUT2D eigenvalue weighted by molar-refractivity contribution is 7.89. The van der Waals surface area contributed by atoms with Gasteiger partial charge in [0.25, 0.3) is 0 Å². The van der Waals surface area contributed by atoms with E-state index in [1.165, 1.54) is 4.31 Å². The van der Waals surface area contributed by atoms with Crippen LogP contribution in [0.1, 0.15) is 12.6 Å². The van der Waals surface area contributed by atoms with Crippen molar-refractivity contribution in [3.8, 4) is 0 Å². The van der Waals surface area contributed by atoms with Gasteiger partial charge < -0.3 is 9.88 Å². The van der Waals surface area contributed by atoms with E-state index in [4.69, 9.17) is 0 Å². The standard InChI is InChI=1S/C12H21N3O2S/c1-5-7-14(4)18(16,17)12-8-11(9-13-3)15(6-2)10-12/h5,8,10,13H,1,6-7,9H2,2-4H3. The molecule has 0 aliphatic carbocycles. The molecule has 0 unspecified atom stereocenters. The van der Waals surface area contributed by atoms with Gasteiger partial charge in [-0.05, 0) is 20.0 Å². The summed E-state index contributed by atoms with van der Waals surface area (Å²) in [4.78, 5) is 0.332. The lowest BCUT2D eigenvalue weighted by Crippen LogP contribution is -2.26. The summed E-state index contributed by atoms with van der Waals surface area (Å²) in [5.41, 5.74) is 0.963. The lowest BCUT2D eigenvalue weighted by atomic mass is 10.4. The second-order valence-electron chi connectivity index (χ2n) is 4.06. The van der Waals surface area contributed by atoms with Crippen molar-refractivity contribution in [1.82, 2.24) is 14.2 Å². The Morgan fingerprint density at radius 3 is 2.72 bits per heavy atom. The molecule has 0 saturated carbocycles. The summed E-state index contributed by atoms with van der Waals surface area (Å²) in [6.07, 6.45) is 3.25. The van der Waals surface area contributed by atoms with E-state index in [-0.39, 0.29) is 0 Å². The van der Waals surface area contributed by atoms with E-state index in [0.717, 1.165) is 12.2 Å². The van der Waals surface area contributed by atoms with Gasteiger partial charge in [-0.3, -0.25) is 0 Å². The fourth-order valence-corrected chi connectivity index (χ4v) is 2.96. The van der Waals surface area contributed by atoms with Crippen LogP contribution < -0.4 is 5.32 Å². The Balaban J connectivity index is 3.13. The van der Waals surface area contributed by atoms with Gasteiger partial charge in [0.15, 0.2) is 0 Å². The number of likely N-dealkylation sites (N-methyl/N-ethyl adjacent to an activating group) is 1. The van der Waals surface area contributed by atoms with Gasteiger partial charge in [-0.2, -0.15) is 4.31 Å². The third-order valence-electron chi connectivity index (χ3n) is 2.75. The first kappa shape index (κ1) is 14.9. The number of aryl methyl sites for hydroxylation is 1. The van der Waals surface area contributed by atoms with Crippen molar-refractivity contribution in [3.63, 3.8) is 0 Å². The molecule has 102 valence electrons. The normalized spacial score (nSPS) is 12.0. The van der Waals surface area contributed by atoms with Crippen LogP contribution in [0, 0.1) is 0 Å². The van der Waals surface area contributed by atoms with Gasteiger partial charge >= 0.3 is 0 Å². The van der Waals surface area contributed by atoms with Gasteiger partial charge in [-0.25, -0.2) is 8.42 Å². The van der Waals surface area contributed by atoms with Crippen molar-refractivity contribution in [3.05, 3.63) is 30.6 Å². The molecule has 0 aliphatic rings. The molecule has 0 spiro atoms. The van der Waals surface area contributed by atoms with Crippen LogP contribution >= 0.6 is 0 Å². The minimum atomic E-state index is -3.42. The summed E-state index contributed by atoms with van der Waals surface area (Å²) < 4.78 is 27.7. The van der Waals surface area contributed by atoms with Crippen molar-refractivity contribution in [2.75, 3.05) is 20.6 Å². The van der Waals surface area contributed by atoms with Gasteiger partial charge in [0.05, 0.1) is 0 Å². The molecule has 5 nitrogen and oxygen atoms in total. The first-order chi connectivity index (χ1) is 8.47. The topological polar surface area (TPSA) is 54.3 Å². The first-order valence-corrected chi connectivity index (χ1v) is 7.32. The van der Waals surface area contributed by atoms with Crippen LogP contribution in [-0.4, -0.2) is 37.9 Å². The Morgan fingerprint density at radius 2 is 2.22 bits per heavy atom. The molecule has 0 fully saturated rings. The zero-order chi connectivity index (χ0) is 13.8. The molecule has 1 aromatic rings. The largest absolute Gasteiger partial charge is 0.349 e. The molecule has 18 heavy (non-hydrogen) atoms. The lowest BCUT2D eigenvalue weighted by molar-refractivity contribution is 0.499. The van der Waals surface area contributed by atoms with Crippen LogP contribution in [0.25, 0.3) is 0 Å². The van der Waals surface area contributed by atoms with E-state index in [2.05, 4.69) is 11.9 Å². The number of nitrogens with one attached hydrogen (secondary N) is 1. The maximum absolute atomic E-state index is 12.3. The number of hydrogen-bond donors (Lipinski definition) is 1. The maximum atomic E-state index is 12.3. The molecule has 6 heteroatoms. The van der Waals surface area contributed by atoms with E-state index >= 15 is 0 Å². The Bertz CT molecular complexity index is 505. The minimum absolute atomic E-state index is 0.307. The molecular weight excluding hydrogens is 250 g/mol. The van der Waals surface area contributed by atoms with Crippen LogP contribution in [-0.2, 0) is 23.1 Å². The van der Waals surface area contributed by atoms with Crippen LogP contribution in [0.4, 0.5) is 0 Å². The van der Waals surface area contributed by atoms with Crippen LogP contribution in [0.15, 0.2) is 29.8 Å². The van der Waals surface area contributed by atoms with Gasteiger partial charge in [0.2, 0.25) is 10.0 Å². The van der Waals surface area contributed by atoms with E-state index in [1.807, 2.05) is 18.5 Å². The zero-order valence-corrected chi connectivity index (χ0v) is 12.0. The number of aromatic nitrogens is 1. The van der Waals surface area contributed by atoms with Gasteiger partial charge in [0, 0.05) is 38.6 Å². The van der Waals surface area contributed by atoms with Crippen molar-refractivity contribution < 1.29 is 8.42 Å². The molecule has 0 atom stereocenters. The molecule has 0 bridgehead atoms. The number of nitrogens with zero attached hydrogens (tertiary/aromatic N) is 2. The molecule has 1 N–H and O–H groups in total. The highest BCUT2D eigenvalue weighted by Crippen LogP contribution is 2.18. The maximum Gasteiger partial charge on any atom is 0.244 e. The smallest absolute Gasteiger partial charge is 0.244 e. The van der Waals surface area contributed by atoms with Crippen molar-refractivity contribution in [2.45, 2.75) is 24.9 Å². The van der Waals surface area contributed by atoms with Crippen LogP contribution in [0.5, 0.6) is 0 Å². The summed E-state index contributed by atoms with van der Waals surface area (Å²) in [5, 5.41) is 3.03. The third-order valence-corrected chi connectivity index (χ3v) is 4.54. The minimum Gasteiger partial charge on any atom is -0.349 e. The average Bonchev–Trinajstić information content (AvgIpc) is 2.73. The molecule has 0 aliphatic heterocycles. The molecule has 1 rings (SSSR count). The fourth-order valence-electron chi connectivity index (χ4n) is 1.75. The van der Waals surface area contributed by atoms with Crippen molar-refractivity contribution in [1.29, 1.82) is 0 Å². The number of sulfonamides is 1. The van der Waals surface area contributed by atoms with Crippen molar-refractivity contribution in [2.24, 2.45) is 0 Å². The van der Waals surface area contributed by atoms with Crippen LogP contribution in [0.2, 0.25) is 0 Å². The molecule has 0 aromatic carbocycles. The first-order valence-electron chi connectivity index (χ1n) is 5.88. The van der Waals surface area contributed by atoms with Gasteiger partial charge in [-0.1, -0.05) is 6.08 Å². The summed E-state index contributed by atoms with van der Waals surface area (Å²) in [6, 6.07) is 1.72. The Morgan fingerprint density at radius 1 is 1.56 bits per heavy atom. The summed E-state index contributed by atoms with van der Waals surface area (Å²) in [7, 11) is -0.0258. The molecule has 1 heterocycles. The third kappa shape index (κ3) is 3.01. The summed E-state index contributed by atoms with van der Waals surface area (Å²) >= 11 is 0. The van der Waals surface area contributed by atoms with E-state index in [1.54, 1.807) is 25.4 Å². The summed E-state index contributed by atoms with van der Waals surface area (Å²) in [5.74, 6) is 0. The number of rotatable bonds is 7. The van der Waals surface area contributed by atoms with E-state index in [0.29, 0.717) is 18.0 Å². The molecule has 0 radical (unpaired) electrons. The quantitative estimate of drug-likeness (QED) is 0.754. The molecular formula is C12H21N3O2S. The Labute approximate surface area is 109 Å². The van der Waals surface area contributed by atoms with Crippen LogP contribution in [0.3, 0.4) is 0 Å². The Kier molecular flexibility index (Phi) is 5.13. The molecule has 0 amide bonds.